The fourth-order valence-electron chi connectivity index (χ4n) is 3.27. The Balaban J connectivity index is 2.21. The Morgan fingerprint density at radius 1 is 1.21 bits per heavy atom. The molecule has 0 bridgehead atoms. The number of nitrogens with two attached hydrogens (primary N) is 1. The molecule has 1 aliphatic heterocycles. The first-order chi connectivity index (χ1) is 9.22. The van der Waals surface area contributed by atoms with Crippen molar-refractivity contribution in [3.8, 4) is 0 Å². The van der Waals surface area contributed by atoms with Crippen molar-refractivity contribution in [2.45, 2.75) is 51.6 Å². The van der Waals surface area contributed by atoms with Crippen LogP contribution in [0.25, 0.3) is 0 Å². The number of hydrogen-bond donors (Lipinski definition) is 1. The zero-order valence-electron chi connectivity index (χ0n) is 12.4. The lowest BCUT2D eigenvalue weighted by Gasteiger charge is -2.41. The highest BCUT2D eigenvalue weighted by atomic mass is 15.2. The Kier molecular flexibility index (Phi) is 5.41. The van der Waals surface area contributed by atoms with Gasteiger partial charge < -0.3 is 5.73 Å². The van der Waals surface area contributed by atoms with Crippen molar-refractivity contribution in [1.82, 2.24) is 4.90 Å². The van der Waals surface area contributed by atoms with Crippen LogP contribution in [0.4, 0.5) is 0 Å². The van der Waals surface area contributed by atoms with E-state index in [0.717, 1.165) is 6.54 Å². The lowest BCUT2D eigenvalue weighted by Crippen LogP contribution is -2.46. The molecule has 1 aromatic carbocycles. The Labute approximate surface area is 118 Å². The maximum Gasteiger partial charge on any atom is 0.0354 e. The minimum Gasteiger partial charge on any atom is -0.329 e. The number of piperidine rings is 1. The van der Waals surface area contributed by atoms with Gasteiger partial charge in [-0.2, -0.15) is 0 Å². The monoisotopic (exact) mass is 260 g/mol. The molecule has 0 radical (unpaired) electrons. The minimum atomic E-state index is 0.537. The lowest BCUT2D eigenvalue weighted by atomic mass is 9.91. The highest BCUT2D eigenvalue weighted by molar-refractivity contribution is 5.19. The van der Waals surface area contributed by atoms with E-state index in [0.29, 0.717) is 18.0 Å². The van der Waals surface area contributed by atoms with Gasteiger partial charge in [0.15, 0.2) is 0 Å². The summed E-state index contributed by atoms with van der Waals surface area (Å²) >= 11 is 0. The quantitative estimate of drug-likeness (QED) is 0.876. The van der Waals surface area contributed by atoms with Crippen LogP contribution in [0.15, 0.2) is 30.3 Å². The van der Waals surface area contributed by atoms with Gasteiger partial charge in [-0.1, -0.05) is 50.6 Å². The van der Waals surface area contributed by atoms with Crippen molar-refractivity contribution in [2.24, 2.45) is 11.7 Å². The van der Waals surface area contributed by atoms with Gasteiger partial charge in [-0.25, -0.2) is 0 Å². The van der Waals surface area contributed by atoms with E-state index in [9.17, 15) is 0 Å². The smallest absolute Gasteiger partial charge is 0.0354 e. The van der Waals surface area contributed by atoms with Gasteiger partial charge in [0.25, 0.3) is 0 Å². The number of nitrogens with zero attached hydrogens (tertiary/aromatic N) is 1. The molecular formula is C17H28N2. The van der Waals surface area contributed by atoms with Crippen LogP contribution in [0.3, 0.4) is 0 Å². The fourth-order valence-corrected chi connectivity index (χ4v) is 3.27. The van der Waals surface area contributed by atoms with Crippen molar-refractivity contribution in [2.75, 3.05) is 13.1 Å². The van der Waals surface area contributed by atoms with Gasteiger partial charge in [0.1, 0.15) is 0 Å². The zero-order chi connectivity index (χ0) is 13.7. The summed E-state index contributed by atoms with van der Waals surface area (Å²) in [6.45, 7) is 6.63. The molecule has 1 heterocycles. The molecule has 2 rings (SSSR count). The first-order valence-corrected chi connectivity index (χ1v) is 7.73. The summed E-state index contributed by atoms with van der Waals surface area (Å²) in [5.74, 6) is 0.713. The number of hydrogen-bond acceptors (Lipinski definition) is 2. The fraction of sp³-hybridized carbons (Fsp3) is 0.647. The van der Waals surface area contributed by atoms with Crippen LogP contribution in [0, 0.1) is 5.92 Å². The first-order valence-electron chi connectivity index (χ1n) is 7.73. The molecule has 0 aliphatic carbocycles. The number of likely N-dealkylation sites (tertiary alicyclic amines) is 1. The SMILES string of the molecule is CC(C)CC(c1ccccc1)N1CCCCC1CN. The van der Waals surface area contributed by atoms with Crippen LogP contribution in [-0.2, 0) is 0 Å². The van der Waals surface area contributed by atoms with Crippen molar-refractivity contribution < 1.29 is 0 Å². The lowest BCUT2D eigenvalue weighted by molar-refractivity contribution is 0.0860. The molecule has 0 saturated carbocycles. The molecule has 2 atom stereocenters. The van der Waals surface area contributed by atoms with Crippen molar-refractivity contribution in [1.29, 1.82) is 0 Å². The van der Waals surface area contributed by atoms with Gasteiger partial charge in [-0.3, -0.25) is 4.90 Å². The molecule has 2 N–H and O–H groups in total. The number of benzene rings is 1. The van der Waals surface area contributed by atoms with Gasteiger partial charge in [-0.15, -0.1) is 0 Å². The molecule has 106 valence electrons. The van der Waals surface area contributed by atoms with Crippen LogP contribution in [0.2, 0.25) is 0 Å². The molecule has 1 fully saturated rings. The largest absolute Gasteiger partial charge is 0.329 e. The summed E-state index contributed by atoms with van der Waals surface area (Å²) in [5.41, 5.74) is 7.45. The van der Waals surface area contributed by atoms with E-state index >= 15 is 0 Å². The van der Waals surface area contributed by atoms with Crippen molar-refractivity contribution >= 4 is 0 Å². The predicted molar refractivity (Wildman–Crippen MR) is 82.0 cm³/mol. The average Bonchev–Trinajstić information content (AvgIpc) is 2.45. The molecule has 2 unspecified atom stereocenters. The van der Waals surface area contributed by atoms with Gasteiger partial charge in [0.2, 0.25) is 0 Å². The van der Waals surface area contributed by atoms with Gasteiger partial charge in [-0.05, 0) is 37.3 Å². The zero-order valence-corrected chi connectivity index (χ0v) is 12.4. The third-order valence-electron chi connectivity index (χ3n) is 4.22. The molecule has 19 heavy (non-hydrogen) atoms. The Bertz CT molecular complexity index is 361. The summed E-state index contributed by atoms with van der Waals surface area (Å²) < 4.78 is 0. The number of rotatable bonds is 5. The summed E-state index contributed by atoms with van der Waals surface area (Å²) in [4.78, 5) is 2.67. The average molecular weight is 260 g/mol. The van der Waals surface area contributed by atoms with E-state index in [1.54, 1.807) is 0 Å². The van der Waals surface area contributed by atoms with Crippen LogP contribution in [0.1, 0.15) is 51.1 Å². The Morgan fingerprint density at radius 3 is 2.58 bits per heavy atom. The van der Waals surface area contributed by atoms with Crippen LogP contribution in [0.5, 0.6) is 0 Å². The van der Waals surface area contributed by atoms with Crippen molar-refractivity contribution in [3.05, 3.63) is 35.9 Å². The summed E-state index contributed by atoms with van der Waals surface area (Å²) in [6, 6.07) is 12.1. The van der Waals surface area contributed by atoms with E-state index in [2.05, 4.69) is 49.1 Å². The Morgan fingerprint density at radius 2 is 1.95 bits per heavy atom. The second kappa shape index (κ2) is 7.06. The third kappa shape index (κ3) is 3.80. The molecule has 1 aliphatic rings. The minimum absolute atomic E-state index is 0.537. The van der Waals surface area contributed by atoms with E-state index in [1.165, 1.54) is 37.8 Å². The Hall–Kier alpha value is -0.860. The highest BCUT2D eigenvalue weighted by Gasteiger charge is 2.29. The third-order valence-corrected chi connectivity index (χ3v) is 4.22. The molecule has 0 amide bonds. The second-order valence-corrected chi connectivity index (χ2v) is 6.18. The normalized spacial score (nSPS) is 22.6. The predicted octanol–water partition coefficient (Wildman–Crippen LogP) is 3.59. The van der Waals surface area contributed by atoms with Gasteiger partial charge >= 0.3 is 0 Å². The maximum atomic E-state index is 6.00. The topological polar surface area (TPSA) is 29.3 Å². The van der Waals surface area contributed by atoms with Gasteiger partial charge in [0, 0.05) is 18.6 Å². The summed E-state index contributed by atoms with van der Waals surface area (Å²) in [5, 5.41) is 0. The highest BCUT2D eigenvalue weighted by Crippen LogP contribution is 2.32. The van der Waals surface area contributed by atoms with Crippen LogP contribution in [-0.4, -0.2) is 24.0 Å². The van der Waals surface area contributed by atoms with E-state index in [4.69, 9.17) is 5.73 Å². The maximum absolute atomic E-state index is 6.00. The molecular weight excluding hydrogens is 232 g/mol. The van der Waals surface area contributed by atoms with Gasteiger partial charge in [0.05, 0.1) is 0 Å². The molecule has 1 aromatic rings. The molecule has 2 heteroatoms. The standard InChI is InChI=1S/C17H28N2/c1-14(2)12-17(15-8-4-3-5-9-15)19-11-7-6-10-16(19)13-18/h3-5,8-9,14,16-17H,6-7,10-13,18H2,1-2H3. The van der Waals surface area contributed by atoms with E-state index in [1.807, 2.05) is 0 Å². The molecule has 1 saturated heterocycles. The van der Waals surface area contributed by atoms with E-state index in [-0.39, 0.29) is 0 Å². The summed E-state index contributed by atoms with van der Waals surface area (Å²) in [7, 11) is 0. The van der Waals surface area contributed by atoms with Crippen molar-refractivity contribution in [3.63, 3.8) is 0 Å². The second-order valence-electron chi connectivity index (χ2n) is 6.18. The molecule has 2 nitrogen and oxygen atoms in total. The van der Waals surface area contributed by atoms with E-state index < -0.39 is 0 Å². The molecule has 0 spiro atoms. The molecule has 0 aromatic heterocycles. The first kappa shape index (κ1) is 14.5. The van der Waals surface area contributed by atoms with Crippen LogP contribution < -0.4 is 5.73 Å². The summed E-state index contributed by atoms with van der Waals surface area (Å²) in [6.07, 6.45) is 5.14. The van der Waals surface area contributed by atoms with Crippen LogP contribution >= 0.6 is 0 Å².